The lowest BCUT2D eigenvalue weighted by atomic mass is 9.90. The highest BCUT2D eigenvalue weighted by molar-refractivity contribution is 5.73. The maximum atomic E-state index is 11.3. The summed E-state index contributed by atoms with van der Waals surface area (Å²) in [6.45, 7) is 3.07. The van der Waals surface area contributed by atoms with Crippen LogP contribution in [-0.4, -0.2) is 34.6 Å². The van der Waals surface area contributed by atoms with E-state index in [9.17, 15) is 9.90 Å². The number of piperidine rings is 1. The zero-order valence-electron chi connectivity index (χ0n) is 10.2. The van der Waals surface area contributed by atoms with Gasteiger partial charge in [-0.15, -0.1) is 0 Å². The van der Waals surface area contributed by atoms with Crippen molar-refractivity contribution in [3.8, 4) is 0 Å². The van der Waals surface area contributed by atoms with E-state index in [2.05, 4.69) is 11.8 Å². The van der Waals surface area contributed by atoms with Crippen molar-refractivity contribution >= 4 is 5.97 Å². The van der Waals surface area contributed by atoms with Gasteiger partial charge in [-0.25, -0.2) is 0 Å². The Kier molecular flexibility index (Phi) is 3.85. The first-order chi connectivity index (χ1) is 7.74. The highest BCUT2D eigenvalue weighted by atomic mass is 16.4. The zero-order valence-corrected chi connectivity index (χ0v) is 10.2. The number of carbonyl (C=O) groups is 1. The summed E-state index contributed by atoms with van der Waals surface area (Å²) in [4.78, 5) is 13.6. The van der Waals surface area contributed by atoms with Crippen LogP contribution in [0.15, 0.2) is 0 Å². The van der Waals surface area contributed by atoms with Crippen LogP contribution < -0.4 is 0 Å². The standard InChI is InChI=1S/C13H23NO2/c1-2-5-12(13(15)16)14-9-4-7-10-6-3-8-11(10)14/h10-12H,2-9H2,1H3,(H,15,16). The fraction of sp³-hybridized carbons (Fsp3) is 0.923. The molecule has 0 radical (unpaired) electrons. The summed E-state index contributed by atoms with van der Waals surface area (Å²) in [6, 6.07) is 0.345. The number of hydrogen-bond acceptors (Lipinski definition) is 2. The van der Waals surface area contributed by atoms with Crippen molar-refractivity contribution in [2.75, 3.05) is 6.54 Å². The van der Waals surface area contributed by atoms with Crippen LogP contribution in [0.1, 0.15) is 51.9 Å². The first kappa shape index (κ1) is 11.9. The molecule has 3 unspecified atom stereocenters. The van der Waals surface area contributed by atoms with Crippen LogP contribution >= 0.6 is 0 Å². The van der Waals surface area contributed by atoms with Gasteiger partial charge in [0.05, 0.1) is 0 Å². The molecule has 0 bridgehead atoms. The van der Waals surface area contributed by atoms with Crippen molar-refractivity contribution in [3.05, 3.63) is 0 Å². The van der Waals surface area contributed by atoms with E-state index in [1.165, 1.54) is 32.1 Å². The van der Waals surface area contributed by atoms with Crippen LogP contribution in [0.2, 0.25) is 0 Å². The number of rotatable bonds is 4. The maximum absolute atomic E-state index is 11.3. The third-order valence-corrected chi connectivity index (χ3v) is 4.28. The van der Waals surface area contributed by atoms with Crippen molar-refractivity contribution in [1.29, 1.82) is 0 Å². The van der Waals surface area contributed by atoms with Gasteiger partial charge in [-0.1, -0.05) is 19.8 Å². The van der Waals surface area contributed by atoms with E-state index in [-0.39, 0.29) is 6.04 Å². The van der Waals surface area contributed by atoms with Crippen molar-refractivity contribution in [2.45, 2.75) is 64.0 Å². The smallest absolute Gasteiger partial charge is 0.320 e. The second-order valence-electron chi connectivity index (χ2n) is 5.28. The minimum atomic E-state index is -0.616. The van der Waals surface area contributed by atoms with Crippen LogP contribution in [0.5, 0.6) is 0 Å². The Labute approximate surface area is 97.8 Å². The lowest BCUT2D eigenvalue weighted by Crippen LogP contribution is -2.51. The van der Waals surface area contributed by atoms with Gasteiger partial charge in [0.25, 0.3) is 0 Å². The van der Waals surface area contributed by atoms with E-state index in [0.29, 0.717) is 6.04 Å². The van der Waals surface area contributed by atoms with Gasteiger partial charge in [-0.3, -0.25) is 9.69 Å². The number of likely N-dealkylation sites (tertiary alicyclic amines) is 1. The molecule has 3 nitrogen and oxygen atoms in total. The van der Waals surface area contributed by atoms with E-state index in [0.717, 1.165) is 25.3 Å². The van der Waals surface area contributed by atoms with Crippen LogP contribution in [0.4, 0.5) is 0 Å². The topological polar surface area (TPSA) is 40.5 Å². The summed E-state index contributed by atoms with van der Waals surface area (Å²) in [5.74, 6) is 0.168. The molecule has 3 heteroatoms. The summed E-state index contributed by atoms with van der Waals surface area (Å²) in [5.41, 5.74) is 0. The molecule has 0 aromatic carbocycles. The Bertz CT molecular complexity index is 254. The normalized spacial score (nSPS) is 32.3. The van der Waals surface area contributed by atoms with Crippen molar-refractivity contribution in [2.24, 2.45) is 5.92 Å². The van der Waals surface area contributed by atoms with Crippen molar-refractivity contribution in [1.82, 2.24) is 4.90 Å². The van der Waals surface area contributed by atoms with Crippen molar-refractivity contribution in [3.63, 3.8) is 0 Å². The van der Waals surface area contributed by atoms with Gasteiger partial charge in [-0.05, 0) is 44.6 Å². The lowest BCUT2D eigenvalue weighted by Gasteiger charge is -2.41. The Balaban J connectivity index is 2.07. The second kappa shape index (κ2) is 5.17. The number of nitrogens with zero attached hydrogens (tertiary/aromatic N) is 1. The first-order valence-electron chi connectivity index (χ1n) is 6.72. The Morgan fingerprint density at radius 3 is 2.81 bits per heavy atom. The minimum absolute atomic E-state index is 0.226. The third-order valence-electron chi connectivity index (χ3n) is 4.28. The van der Waals surface area contributed by atoms with E-state index < -0.39 is 5.97 Å². The molecule has 1 aliphatic carbocycles. The quantitative estimate of drug-likeness (QED) is 0.799. The number of carboxylic acids is 1. The minimum Gasteiger partial charge on any atom is -0.480 e. The Morgan fingerprint density at radius 2 is 2.12 bits per heavy atom. The van der Waals surface area contributed by atoms with Gasteiger partial charge in [0.2, 0.25) is 0 Å². The van der Waals surface area contributed by atoms with Gasteiger partial charge in [0.1, 0.15) is 6.04 Å². The molecule has 1 aliphatic heterocycles. The van der Waals surface area contributed by atoms with Gasteiger partial charge in [0, 0.05) is 6.04 Å². The number of hydrogen-bond donors (Lipinski definition) is 1. The van der Waals surface area contributed by atoms with E-state index in [1.54, 1.807) is 0 Å². The highest BCUT2D eigenvalue weighted by Gasteiger charge is 2.39. The fourth-order valence-electron chi connectivity index (χ4n) is 3.58. The van der Waals surface area contributed by atoms with Gasteiger partial charge in [0.15, 0.2) is 0 Å². The van der Waals surface area contributed by atoms with Gasteiger partial charge < -0.3 is 5.11 Å². The lowest BCUT2D eigenvalue weighted by molar-refractivity contribution is -0.145. The molecular formula is C13H23NO2. The summed E-state index contributed by atoms with van der Waals surface area (Å²) in [6.07, 6.45) is 8.11. The predicted molar refractivity (Wildman–Crippen MR) is 63.4 cm³/mol. The molecule has 0 amide bonds. The molecule has 92 valence electrons. The maximum Gasteiger partial charge on any atom is 0.320 e. The van der Waals surface area contributed by atoms with Gasteiger partial charge >= 0.3 is 5.97 Å². The summed E-state index contributed by atoms with van der Waals surface area (Å²) < 4.78 is 0. The molecule has 1 N–H and O–H groups in total. The molecule has 3 atom stereocenters. The first-order valence-corrected chi connectivity index (χ1v) is 6.72. The van der Waals surface area contributed by atoms with E-state index >= 15 is 0 Å². The number of fused-ring (bicyclic) bond motifs is 1. The highest BCUT2D eigenvalue weighted by Crippen LogP contribution is 2.38. The molecule has 1 saturated heterocycles. The molecule has 0 aromatic heterocycles. The molecular weight excluding hydrogens is 202 g/mol. The molecule has 16 heavy (non-hydrogen) atoms. The predicted octanol–water partition coefficient (Wildman–Crippen LogP) is 2.50. The summed E-state index contributed by atoms with van der Waals surface area (Å²) in [7, 11) is 0. The average Bonchev–Trinajstić information content (AvgIpc) is 2.73. The molecule has 2 aliphatic rings. The fourth-order valence-corrected chi connectivity index (χ4v) is 3.58. The molecule has 1 saturated carbocycles. The number of aliphatic carboxylic acids is 1. The largest absolute Gasteiger partial charge is 0.480 e. The molecule has 1 heterocycles. The monoisotopic (exact) mass is 225 g/mol. The van der Waals surface area contributed by atoms with Crippen LogP contribution in [0.3, 0.4) is 0 Å². The zero-order chi connectivity index (χ0) is 11.5. The summed E-state index contributed by atoms with van der Waals surface area (Å²) in [5, 5.41) is 9.33. The van der Waals surface area contributed by atoms with Crippen LogP contribution in [0, 0.1) is 5.92 Å². The third kappa shape index (κ3) is 2.24. The molecule has 2 rings (SSSR count). The molecule has 0 spiro atoms. The second-order valence-corrected chi connectivity index (χ2v) is 5.28. The summed E-state index contributed by atoms with van der Waals surface area (Å²) >= 11 is 0. The van der Waals surface area contributed by atoms with Crippen LogP contribution in [-0.2, 0) is 4.79 Å². The SMILES string of the molecule is CCCC(C(=O)O)N1CCCC2CCCC21. The molecule has 0 aromatic rings. The van der Waals surface area contributed by atoms with Gasteiger partial charge in [-0.2, -0.15) is 0 Å². The van der Waals surface area contributed by atoms with E-state index in [4.69, 9.17) is 0 Å². The Hall–Kier alpha value is -0.570. The average molecular weight is 225 g/mol. The van der Waals surface area contributed by atoms with Crippen LogP contribution in [0.25, 0.3) is 0 Å². The van der Waals surface area contributed by atoms with Crippen molar-refractivity contribution < 1.29 is 9.90 Å². The molecule has 2 fully saturated rings. The Morgan fingerprint density at radius 1 is 1.38 bits per heavy atom. The number of carboxylic acid groups (broad SMARTS) is 1. The van der Waals surface area contributed by atoms with E-state index in [1.807, 2.05) is 0 Å².